The number of aliphatic carboxylic acids is 1. The second kappa shape index (κ2) is 10.8. The number of carbonyl (C=O) groups excluding carboxylic acids is 2. The lowest BCUT2D eigenvalue weighted by Gasteiger charge is -2.29. The summed E-state index contributed by atoms with van der Waals surface area (Å²) in [6.07, 6.45) is -6.95. The van der Waals surface area contributed by atoms with Crippen LogP contribution in [-0.4, -0.2) is 73.1 Å². The maximum atomic E-state index is 12.9. The van der Waals surface area contributed by atoms with Gasteiger partial charge in [-0.3, -0.25) is 9.59 Å². The normalized spacial score (nSPS) is 14.4. The smallest absolute Gasteiger partial charge is 0.407 e. The van der Waals surface area contributed by atoms with E-state index in [-0.39, 0.29) is 17.4 Å². The highest BCUT2D eigenvalue weighted by Gasteiger charge is 2.39. The molecule has 188 valence electrons. The summed E-state index contributed by atoms with van der Waals surface area (Å²) in [4.78, 5) is 36.5. The summed E-state index contributed by atoms with van der Waals surface area (Å²) in [5.41, 5.74) is 3.93. The Kier molecular flexibility index (Phi) is 8.00. The number of rotatable bonds is 9. The molecule has 2 aromatic rings. The Morgan fingerprint density at radius 1 is 1.06 bits per heavy atom. The standard InChI is InChI=1S/C24H25F3N2O6/c1-14(34-2)21(22(32)29(11-20(30)31)13-24(25,26)27)28-23(33)35-12-19-17-9-5-3-7-15(17)16-8-4-6-10-18(16)19/h3-10,14,19,21H,11-13H2,1-2H3,(H,28,33)(H,30,31)/t14-,21+/m1/s1. The Hall–Kier alpha value is -3.60. The molecular formula is C24H25F3N2O6. The van der Waals surface area contributed by atoms with Gasteiger partial charge in [0, 0.05) is 13.0 Å². The first kappa shape index (κ1) is 26.0. The summed E-state index contributed by atoms with van der Waals surface area (Å²) in [5.74, 6) is -3.16. The molecule has 2 N–H and O–H groups in total. The maximum absolute atomic E-state index is 12.9. The summed E-state index contributed by atoms with van der Waals surface area (Å²) in [7, 11) is 1.20. The van der Waals surface area contributed by atoms with Crippen LogP contribution in [0.5, 0.6) is 0 Å². The Bertz CT molecular complexity index is 1050. The first-order valence-corrected chi connectivity index (χ1v) is 10.7. The van der Waals surface area contributed by atoms with Crippen molar-refractivity contribution >= 4 is 18.0 Å². The van der Waals surface area contributed by atoms with E-state index in [0.717, 1.165) is 22.3 Å². The molecule has 11 heteroatoms. The van der Waals surface area contributed by atoms with Crippen LogP contribution < -0.4 is 5.32 Å². The van der Waals surface area contributed by atoms with Crippen molar-refractivity contribution in [3.8, 4) is 11.1 Å². The van der Waals surface area contributed by atoms with Gasteiger partial charge in [0.25, 0.3) is 0 Å². The zero-order valence-electron chi connectivity index (χ0n) is 19.0. The highest BCUT2D eigenvalue weighted by atomic mass is 19.4. The topological polar surface area (TPSA) is 105 Å². The second-order valence-corrected chi connectivity index (χ2v) is 8.09. The number of ether oxygens (including phenoxy) is 2. The quantitative estimate of drug-likeness (QED) is 0.554. The number of carboxylic acid groups (broad SMARTS) is 1. The van der Waals surface area contributed by atoms with Crippen LogP contribution in [0.4, 0.5) is 18.0 Å². The zero-order valence-corrected chi connectivity index (χ0v) is 19.0. The molecule has 3 rings (SSSR count). The van der Waals surface area contributed by atoms with Crippen LogP contribution >= 0.6 is 0 Å². The van der Waals surface area contributed by atoms with E-state index in [9.17, 15) is 27.6 Å². The fourth-order valence-corrected chi connectivity index (χ4v) is 4.07. The molecule has 0 aliphatic heterocycles. The van der Waals surface area contributed by atoms with Crippen molar-refractivity contribution in [3.63, 3.8) is 0 Å². The number of amides is 2. The highest BCUT2D eigenvalue weighted by Crippen LogP contribution is 2.44. The predicted octanol–water partition coefficient (Wildman–Crippen LogP) is 3.40. The zero-order chi connectivity index (χ0) is 25.8. The van der Waals surface area contributed by atoms with Gasteiger partial charge in [-0.25, -0.2) is 4.79 Å². The van der Waals surface area contributed by atoms with E-state index >= 15 is 0 Å². The number of carboxylic acids is 1. The van der Waals surface area contributed by atoms with Crippen LogP contribution in [0, 0.1) is 0 Å². The second-order valence-electron chi connectivity index (χ2n) is 8.09. The van der Waals surface area contributed by atoms with Crippen molar-refractivity contribution in [3.05, 3.63) is 59.7 Å². The molecular weight excluding hydrogens is 469 g/mol. The monoisotopic (exact) mass is 494 g/mol. The minimum atomic E-state index is -4.84. The Labute approximate surface area is 199 Å². The SMILES string of the molecule is CO[C@H](C)[C@H](NC(=O)OCC1c2ccccc2-c2ccccc21)C(=O)N(CC(=O)O)CC(F)(F)F. The van der Waals surface area contributed by atoms with Crippen molar-refractivity contribution in [2.45, 2.75) is 31.2 Å². The number of hydrogen-bond donors (Lipinski definition) is 2. The molecule has 0 heterocycles. The Morgan fingerprint density at radius 3 is 2.09 bits per heavy atom. The van der Waals surface area contributed by atoms with Crippen molar-refractivity contribution in [1.82, 2.24) is 10.2 Å². The third-order valence-corrected chi connectivity index (χ3v) is 5.73. The molecule has 1 aliphatic carbocycles. The predicted molar refractivity (Wildman–Crippen MR) is 119 cm³/mol. The van der Waals surface area contributed by atoms with Crippen LogP contribution in [-0.2, 0) is 19.1 Å². The van der Waals surface area contributed by atoms with Gasteiger partial charge in [0.2, 0.25) is 5.91 Å². The lowest BCUT2D eigenvalue weighted by molar-refractivity contribution is -0.168. The van der Waals surface area contributed by atoms with Crippen LogP contribution in [0.1, 0.15) is 24.0 Å². The van der Waals surface area contributed by atoms with Crippen LogP contribution in [0.15, 0.2) is 48.5 Å². The fraction of sp³-hybridized carbons (Fsp3) is 0.375. The van der Waals surface area contributed by atoms with Gasteiger partial charge in [-0.15, -0.1) is 0 Å². The maximum Gasteiger partial charge on any atom is 0.407 e. The third kappa shape index (κ3) is 6.30. The fourth-order valence-electron chi connectivity index (χ4n) is 4.07. The molecule has 0 saturated heterocycles. The highest BCUT2D eigenvalue weighted by molar-refractivity contribution is 5.88. The number of nitrogens with one attached hydrogen (secondary N) is 1. The average Bonchev–Trinajstić information content (AvgIpc) is 3.12. The van der Waals surface area contributed by atoms with Gasteiger partial charge in [0.15, 0.2) is 0 Å². The summed E-state index contributed by atoms with van der Waals surface area (Å²) in [5, 5.41) is 11.2. The van der Waals surface area contributed by atoms with Crippen LogP contribution in [0.25, 0.3) is 11.1 Å². The minimum Gasteiger partial charge on any atom is -0.480 e. The summed E-state index contributed by atoms with van der Waals surface area (Å²) < 4.78 is 49.2. The average molecular weight is 494 g/mol. The molecule has 0 unspecified atom stereocenters. The number of alkyl carbamates (subject to hydrolysis) is 1. The van der Waals surface area contributed by atoms with Gasteiger partial charge in [-0.05, 0) is 29.2 Å². The number of hydrogen-bond acceptors (Lipinski definition) is 5. The van der Waals surface area contributed by atoms with Crippen molar-refractivity contribution in [2.75, 3.05) is 26.8 Å². The molecule has 8 nitrogen and oxygen atoms in total. The van der Waals surface area contributed by atoms with Gasteiger partial charge < -0.3 is 24.8 Å². The lowest BCUT2D eigenvalue weighted by Crippen LogP contribution is -2.56. The van der Waals surface area contributed by atoms with Gasteiger partial charge in [0.1, 0.15) is 25.7 Å². The number of fused-ring (bicyclic) bond motifs is 3. The van der Waals surface area contributed by atoms with E-state index in [1.165, 1.54) is 14.0 Å². The molecule has 2 atom stereocenters. The third-order valence-electron chi connectivity index (χ3n) is 5.73. The number of alkyl halides is 3. The first-order valence-electron chi connectivity index (χ1n) is 10.7. The van der Waals surface area contributed by atoms with E-state index in [2.05, 4.69) is 5.32 Å². The van der Waals surface area contributed by atoms with Crippen LogP contribution in [0.3, 0.4) is 0 Å². The largest absolute Gasteiger partial charge is 0.480 e. The molecule has 2 amide bonds. The van der Waals surface area contributed by atoms with E-state index in [1.54, 1.807) is 0 Å². The van der Waals surface area contributed by atoms with Crippen molar-refractivity contribution in [2.24, 2.45) is 0 Å². The van der Waals surface area contributed by atoms with Crippen LogP contribution in [0.2, 0.25) is 0 Å². The minimum absolute atomic E-state index is 0.0798. The molecule has 1 aliphatic rings. The number of methoxy groups -OCH3 is 1. The number of halogens is 3. The number of benzene rings is 2. The Morgan fingerprint density at radius 2 is 1.60 bits per heavy atom. The molecule has 0 radical (unpaired) electrons. The Balaban J connectivity index is 1.73. The van der Waals surface area contributed by atoms with Gasteiger partial charge in [-0.1, -0.05) is 48.5 Å². The van der Waals surface area contributed by atoms with E-state index in [0.29, 0.717) is 0 Å². The summed E-state index contributed by atoms with van der Waals surface area (Å²) in [6.45, 7) is -1.71. The summed E-state index contributed by atoms with van der Waals surface area (Å²) in [6, 6.07) is 13.7. The van der Waals surface area contributed by atoms with Gasteiger partial charge in [0.05, 0.1) is 6.10 Å². The van der Waals surface area contributed by atoms with E-state index < -0.39 is 49.4 Å². The van der Waals surface area contributed by atoms with E-state index in [1.807, 2.05) is 48.5 Å². The number of nitrogens with zero attached hydrogens (tertiary/aromatic N) is 1. The van der Waals surface area contributed by atoms with Gasteiger partial charge in [-0.2, -0.15) is 13.2 Å². The molecule has 0 aromatic heterocycles. The molecule has 2 aromatic carbocycles. The van der Waals surface area contributed by atoms with E-state index in [4.69, 9.17) is 14.6 Å². The molecule has 0 bridgehead atoms. The molecule has 0 saturated carbocycles. The summed E-state index contributed by atoms with van der Waals surface area (Å²) >= 11 is 0. The molecule has 0 fully saturated rings. The molecule has 0 spiro atoms. The first-order chi connectivity index (χ1) is 16.5. The number of carbonyl (C=O) groups is 3. The van der Waals surface area contributed by atoms with Gasteiger partial charge >= 0.3 is 18.2 Å². The lowest BCUT2D eigenvalue weighted by atomic mass is 9.98. The van der Waals surface area contributed by atoms with Crippen molar-refractivity contribution in [1.29, 1.82) is 0 Å². The molecule has 35 heavy (non-hydrogen) atoms. The van der Waals surface area contributed by atoms with Crippen molar-refractivity contribution < 1.29 is 42.1 Å².